The molecule has 3 rings (SSSR count). The van der Waals surface area contributed by atoms with Crippen LogP contribution in [-0.4, -0.2) is 24.9 Å². The minimum atomic E-state index is -0.435. The molecule has 1 fully saturated rings. The summed E-state index contributed by atoms with van der Waals surface area (Å²) in [6.45, 7) is 3.22. The first-order chi connectivity index (χ1) is 13.0. The van der Waals surface area contributed by atoms with Gasteiger partial charge in [0, 0.05) is 31.4 Å². The average molecular weight is 369 g/mol. The summed E-state index contributed by atoms with van der Waals surface area (Å²) in [5.74, 6) is -0.870. The van der Waals surface area contributed by atoms with Crippen LogP contribution in [-0.2, 0) is 9.59 Å². The molecule has 1 heterocycles. The summed E-state index contributed by atoms with van der Waals surface area (Å²) in [7, 11) is 0. The maximum absolute atomic E-state index is 14.0. The highest BCUT2D eigenvalue weighted by Crippen LogP contribution is 2.26. The van der Waals surface area contributed by atoms with Gasteiger partial charge in [-0.05, 0) is 36.6 Å². The third-order valence-electron chi connectivity index (χ3n) is 4.61. The van der Waals surface area contributed by atoms with Gasteiger partial charge in [-0.1, -0.05) is 30.3 Å². The number of carbonyl (C=O) groups excluding carboxylic acids is 2. The maximum Gasteiger partial charge on any atom is 0.226 e. The molecule has 2 aromatic rings. The molecule has 0 aliphatic carbocycles. The van der Waals surface area contributed by atoms with Crippen LogP contribution in [0.3, 0.4) is 0 Å². The van der Waals surface area contributed by atoms with Gasteiger partial charge in [0.1, 0.15) is 5.82 Å². The Balaban J connectivity index is 1.71. The van der Waals surface area contributed by atoms with E-state index in [2.05, 4.69) is 15.5 Å². The second-order valence-electron chi connectivity index (χ2n) is 6.81. The van der Waals surface area contributed by atoms with E-state index in [1.165, 1.54) is 19.1 Å². The maximum atomic E-state index is 14.0. The molecule has 27 heavy (non-hydrogen) atoms. The van der Waals surface area contributed by atoms with Gasteiger partial charge in [0.05, 0.1) is 12.5 Å². The van der Waals surface area contributed by atoms with E-state index >= 15 is 0 Å². The van der Waals surface area contributed by atoms with Gasteiger partial charge in [0.2, 0.25) is 11.8 Å². The number of hydrogen-bond acceptors (Lipinski definition) is 3. The summed E-state index contributed by atoms with van der Waals surface area (Å²) in [5.41, 5.74) is 2.06. The Morgan fingerprint density at radius 1 is 1.11 bits per heavy atom. The number of halogens is 1. The monoisotopic (exact) mass is 369 g/mol. The average Bonchev–Trinajstić information content (AvgIpc) is 3.16. The first-order valence-corrected chi connectivity index (χ1v) is 9.19. The van der Waals surface area contributed by atoms with Crippen LogP contribution in [0.25, 0.3) is 0 Å². The van der Waals surface area contributed by atoms with Crippen LogP contribution >= 0.6 is 0 Å². The fourth-order valence-corrected chi connectivity index (χ4v) is 3.38. The van der Waals surface area contributed by atoms with Gasteiger partial charge in [0.25, 0.3) is 0 Å². The number of nitrogens with zero attached hydrogens (tertiary/aromatic N) is 1. The molecule has 0 aromatic heterocycles. The van der Waals surface area contributed by atoms with Crippen molar-refractivity contribution >= 4 is 23.2 Å². The minimum Gasteiger partial charge on any atom is -0.371 e. The third kappa shape index (κ3) is 5.29. The Bertz CT molecular complexity index is 804. The molecule has 1 aliphatic rings. The lowest BCUT2D eigenvalue weighted by atomic mass is 10.0. The Kier molecular flexibility index (Phi) is 6.06. The number of benzene rings is 2. The number of hydrogen-bond donors (Lipinski definition) is 2. The molecule has 1 atom stereocenters. The number of amides is 2. The van der Waals surface area contributed by atoms with Crippen molar-refractivity contribution in [1.82, 2.24) is 5.32 Å². The predicted molar refractivity (Wildman–Crippen MR) is 104 cm³/mol. The number of carbonyl (C=O) groups is 2. The van der Waals surface area contributed by atoms with Crippen LogP contribution in [0.2, 0.25) is 0 Å². The van der Waals surface area contributed by atoms with Gasteiger partial charge in [0.15, 0.2) is 0 Å². The summed E-state index contributed by atoms with van der Waals surface area (Å²) in [5, 5.41) is 5.56. The predicted octanol–water partition coefficient (Wildman–Crippen LogP) is 3.63. The van der Waals surface area contributed by atoms with Crippen LogP contribution < -0.4 is 15.5 Å². The highest BCUT2D eigenvalue weighted by atomic mass is 19.1. The second kappa shape index (κ2) is 8.66. The van der Waals surface area contributed by atoms with Crippen LogP contribution in [0.5, 0.6) is 0 Å². The Morgan fingerprint density at radius 2 is 1.81 bits per heavy atom. The third-order valence-corrected chi connectivity index (χ3v) is 4.61. The van der Waals surface area contributed by atoms with Crippen molar-refractivity contribution in [2.24, 2.45) is 0 Å². The molecule has 1 aliphatic heterocycles. The fourth-order valence-electron chi connectivity index (χ4n) is 3.38. The van der Waals surface area contributed by atoms with Crippen molar-refractivity contribution in [2.75, 3.05) is 23.3 Å². The molecule has 0 spiro atoms. The standard InChI is InChI=1S/C21H24FN3O2/c1-15(26)23-20(16-7-3-2-4-8-16)14-21(27)24-18-11-17(22)12-19(13-18)25-9-5-6-10-25/h2-4,7-8,11-13,20H,5-6,9-10,14H2,1H3,(H,23,26)(H,24,27). The normalized spacial score (nSPS) is 14.7. The van der Waals surface area contributed by atoms with E-state index in [0.717, 1.165) is 37.2 Å². The fraction of sp³-hybridized carbons (Fsp3) is 0.333. The molecule has 142 valence electrons. The van der Waals surface area contributed by atoms with Gasteiger partial charge in [-0.2, -0.15) is 0 Å². The first kappa shape index (κ1) is 18.9. The van der Waals surface area contributed by atoms with Gasteiger partial charge in [-0.3, -0.25) is 9.59 Å². The van der Waals surface area contributed by atoms with E-state index < -0.39 is 6.04 Å². The quantitative estimate of drug-likeness (QED) is 0.817. The zero-order valence-electron chi connectivity index (χ0n) is 15.4. The summed E-state index contributed by atoms with van der Waals surface area (Å²) < 4.78 is 14.0. The zero-order valence-corrected chi connectivity index (χ0v) is 15.4. The van der Waals surface area contributed by atoms with Gasteiger partial charge >= 0.3 is 0 Å². The van der Waals surface area contributed by atoms with E-state index in [1.807, 2.05) is 30.3 Å². The van der Waals surface area contributed by atoms with Crippen LogP contribution in [0.1, 0.15) is 37.8 Å². The van der Waals surface area contributed by atoms with Gasteiger partial charge < -0.3 is 15.5 Å². The van der Waals surface area contributed by atoms with E-state index in [4.69, 9.17) is 0 Å². The Labute approximate surface area is 158 Å². The van der Waals surface area contributed by atoms with Crippen LogP contribution in [0.15, 0.2) is 48.5 Å². The molecular formula is C21H24FN3O2. The summed E-state index contributed by atoms with van der Waals surface area (Å²) in [6, 6.07) is 13.5. The van der Waals surface area contributed by atoms with Crippen LogP contribution in [0, 0.1) is 5.82 Å². The molecule has 2 amide bonds. The lowest BCUT2D eigenvalue weighted by molar-refractivity contribution is -0.120. The molecule has 2 N–H and O–H groups in total. The van der Waals surface area contributed by atoms with Crippen molar-refractivity contribution in [1.29, 1.82) is 0 Å². The molecule has 2 aromatic carbocycles. The molecule has 5 nitrogen and oxygen atoms in total. The smallest absolute Gasteiger partial charge is 0.226 e. The molecule has 0 bridgehead atoms. The Hall–Kier alpha value is -2.89. The highest BCUT2D eigenvalue weighted by molar-refractivity contribution is 5.92. The SMILES string of the molecule is CC(=O)NC(CC(=O)Nc1cc(F)cc(N2CCCC2)c1)c1ccccc1. The lowest BCUT2D eigenvalue weighted by Gasteiger charge is -2.20. The topological polar surface area (TPSA) is 61.4 Å². The van der Waals surface area contributed by atoms with E-state index in [0.29, 0.717) is 5.69 Å². The number of rotatable bonds is 6. The van der Waals surface area contributed by atoms with Gasteiger partial charge in [-0.25, -0.2) is 4.39 Å². The molecule has 1 saturated heterocycles. The van der Waals surface area contributed by atoms with Crippen molar-refractivity contribution in [3.8, 4) is 0 Å². The molecule has 6 heteroatoms. The van der Waals surface area contributed by atoms with Crippen molar-refractivity contribution < 1.29 is 14.0 Å². The second-order valence-corrected chi connectivity index (χ2v) is 6.81. The first-order valence-electron chi connectivity index (χ1n) is 9.19. The minimum absolute atomic E-state index is 0.0686. The summed E-state index contributed by atoms with van der Waals surface area (Å²) in [6.07, 6.45) is 2.25. The zero-order chi connectivity index (χ0) is 19.2. The highest BCUT2D eigenvalue weighted by Gasteiger charge is 2.18. The molecular weight excluding hydrogens is 345 g/mol. The van der Waals surface area contributed by atoms with E-state index in [-0.39, 0.29) is 24.1 Å². The van der Waals surface area contributed by atoms with Crippen molar-refractivity contribution in [2.45, 2.75) is 32.2 Å². The molecule has 0 radical (unpaired) electrons. The van der Waals surface area contributed by atoms with Crippen LogP contribution in [0.4, 0.5) is 15.8 Å². The lowest BCUT2D eigenvalue weighted by Crippen LogP contribution is -2.29. The van der Waals surface area contributed by atoms with Gasteiger partial charge in [-0.15, -0.1) is 0 Å². The van der Waals surface area contributed by atoms with Crippen molar-refractivity contribution in [3.05, 3.63) is 59.9 Å². The number of anilines is 2. The van der Waals surface area contributed by atoms with E-state index in [9.17, 15) is 14.0 Å². The summed E-state index contributed by atoms with van der Waals surface area (Å²) >= 11 is 0. The molecule has 1 unspecified atom stereocenters. The number of nitrogens with one attached hydrogen (secondary N) is 2. The summed E-state index contributed by atoms with van der Waals surface area (Å²) in [4.78, 5) is 26.1. The molecule has 0 saturated carbocycles. The van der Waals surface area contributed by atoms with E-state index in [1.54, 1.807) is 6.07 Å². The largest absolute Gasteiger partial charge is 0.371 e. The van der Waals surface area contributed by atoms with Crippen molar-refractivity contribution in [3.63, 3.8) is 0 Å². The Morgan fingerprint density at radius 3 is 2.48 bits per heavy atom.